The van der Waals surface area contributed by atoms with Crippen molar-refractivity contribution in [2.24, 2.45) is 5.41 Å². The van der Waals surface area contributed by atoms with Crippen LogP contribution in [0.5, 0.6) is 0 Å². The minimum atomic E-state index is -0.395. The van der Waals surface area contributed by atoms with Crippen molar-refractivity contribution in [1.82, 2.24) is 15.1 Å². The molecule has 0 radical (unpaired) electrons. The number of carbonyl (C=O) groups excluding carboxylic acids is 3. The highest BCUT2D eigenvalue weighted by atomic mass is 16.3. The fraction of sp³-hybridized carbons (Fsp3) is 0.375. The molecule has 0 atom stereocenters. The van der Waals surface area contributed by atoms with Crippen LogP contribution < -0.4 is 5.32 Å². The van der Waals surface area contributed by atoms with Crippen molar-refractivity contribution in [1.29, 1.82) is 0 Å². The Bertz CT molecular complexity index is 996. The molecule has 2 aromatic rings. The van der Waals surface area contributed by atoms with Crippen LogP contribution in [0.3, 0.4) is 0 Å². The molecule has 2 fully saturated rings. The molecule has 2 saturated heterocycles. The largest absolute Gasteiger partial charge is 0.459 e. The maximum atomic E-state index is 12.5. The summed E-state index contributed by atoms with van der Waals surface area (Å²) in [5, 5.41) is 2.60. The van der Waals surface area contributed by atoms with Gasteiger partial charge >= 0.3 is 0 Å². The first-order valence-corrected chi connectivity index (χ1v) is 10.5. The fourth-order valence-corrected chi connectivity index (χ4v) is 4.24. The zero-order valence-corrected chi connectivity index (χ0v) is 17.3. The third kappa shape index (κ3) is 4.97. The number of rotatable bonds is 3. The van der Waals surface area contributed by atoms with Gasteiger partial charge in [0.25, 0.3) is 11.8 Å². The number of benzene rings is 1. The zero-order valence-electron chi connectivity index (χ0n) is 17.3. The molecule has 1 aromatic carbocycles. The summed E-state index contributed by atoms with van der Waals surface area (Å²) < 4.78 is 5.03. The highest BCUT2D eigenvalue weighted by molar-refractivity contribution is 5.94. The Labute approximate surface area is 181 Å². The van der Waals surface area contributed by atoms with E-state index in [2.05, 4.69) is 17.2 Å². The average Bonchev–Trinajstić information content (AvgIpc) is 3.48. The third-order valence-corrected chi connectivity index (χ3v) is 6.14. The monoisotopic (exact) mass is 419 g/mol. The summed E-state index contributed by atoms with van der Waals surface area (Å²) in [6.45, 7) is 2.61. The Kier molecular flexibility index (Phi) is 6.08. The molecule has 0 aliphatic carbocycles. The number of nitrogens with one attached hydrogen (secondary N) is 1. The molecule has 1 spiro atoms. The molecule has 3 heterocycles. The van der Waals surface area contributed by atoms with E-state index < -0.39 is 5.91 Å². The average molecular weight is 419 g/mol. The van der Waals surface area contributed by atoms with E-state index in [-0.39, 0.29) is 29.5 Å². The molecule has 0 unspecified atom stereocenters. The summed E-state index contributed by atoms with van der Waals surface area (Å²) in [6.07, 6.45) is 4.05. The lowest BCUT2D eigenvalue weighted by Gasteiger charge is -2.39. The normalized spacial score (nSPS) is 17.2. The number of hydrogen-bond donors (Lipinski definition) is 1. The molecule has 7 heteroatoms. The fourth-order valence-electron chi connectivity index (χ4n) is 4.24. The van der Waals surface area contributed by atoms with Gasteiger partial charge < -0.3 is 19.5 Å². The standard InChI is InChI=1S/C24H25N3O4/c28-21(9-8-19-5-2-1-3-6-19)27-15-12-24(18-27)10-13-26(14-11-24)22(29)17-25-23(30)20-7-4-16-31-20/h1-7,16H,10-15,17-18H2,(H,25,30). The second kappa shape index (κ2) is 9.09. The molecule has 2 aliphatic rings. The summed E-state index contributed by atoms with van der Waals surface area (Å²) in [5.41, 5.74) is 0.883. The van der Waals surface area contributed by atoms with Gasteiger partial charge in [-0.05, 0) is 48.9 Å². The van der Waals surface area contributed by atoms with Crippen molar-refractivity contribution < 1.29 is 18.8 Å². The quantitative estimate of drug-likeness (QED) is 0.771. The number of piperidine rings is 1. The molecule has 160 valence electrons. The second-order valence-corrected chi connectivity index (χ2v) is 8.13. The van der Waals surface area contributed by atoms with Crippen molar-refractivity contribution in [3.05, 3.63) is 60.1 Å². The second-order valence-electron chi connectivity index (χ2n) is 8.13. The Morgan fingerprint density at radius 1 is 0.968 bits per heavy atom. The number of amides is 3. The summed E-state index contributed by atoms with van der Waals surface area (Å²) in [7, 11) is 0. The van der Waals surface area contributed by atoms with E-state index in [9.17, 15) is 14.4 Å². The first-order chi connectivity index (χ1) is 15.0. The van der Waals surface area contributed by atoms with Crippen LogP contribution in [0.15, 0.2) is 53.1 Å². The van der Waals surface area contributed by atoms with Gasteiger partial charge in [0.05, 0.1) is 12.8 Å². The smallest absolute Gasteiger partial charge is 0.298 e. The molecule has 0 saturated carbocycles. The molecule has 1 N–H and O–H groups in total. The number of hydrogen-bond acceptors (Lipinski definition) is 4. The Hall–Kier alpha value is -3.53. The lowest BCUT2D eigenvalue weighted by atomic mass is 9.78. The molecule has 0 bridgehead atoms. The van der Waals surface area contributed by atoms with Gasteiger partial charge in [0.1, 0.15) is 0 Å². The molecule has 1 aromatic heterocycles. The Morgan fingerprint density at radius 3 is 2.35 bits per heavy atom. The Morgan fingerprint density at radius 2 is 1.68 bits per heavy atom. The predicted molar refractivity (Wildman–Crippen MR) is 114 cm³/mol. The van der Waals surface area contributed by atoms with Gasteiger partial charge in [-0.2, -0.15) is 0 Å². The molecule has 2 aliphatic heterocycles. The van der Waals surface area contributed by atoms with E-state index in [0.717, 1.165) is 24.8 Å². The molecular weight excluding hydrogens is 394 g/mol. The van der Waals surface area contributed by atoms with Crippen molar-refractivity contribution in [2.45, 2.75) is 19.3 Å². The highest BCUT2D eigenvalue weighted by Gasteiger charge is 2.42. The highest BCUT2D eigenvalue weighted by Crippen LogP contribution is 2.40. The van der Waals surface area contributed by atoms with Crippen LogP contribution in [0.1, 0.15) is 35.4 Å². The van der Waals surface area contributed by atoms with E-state index in [1.54, 1.807) is 17.0 Å². The molecule has 31 heavy (non-hydrogen) atoms. The van der Waals surface area contributed by atoms with Crippen molar-refractivity contribution in [2.75, 3.05) is 32.7 Å². The van der Waals surface area contributed by atoms with E-state index in [4.69, 9.17) is 4.42 Å². The maximum absolute atomic E-state index is 12.5. The number of nitrogens with zero attached hydrogens (tertiary/aromatic N) is 2. The van der Waals surface area contributed by atoms with Crippen LogP contribution in [-0.2, 0) is 9.59 Å². The van der Waals surface area contributed by atoms with Gasteiger partial charge in [-0.15, -0.1) is 0 Å². The SMILES string of the molecule is O=C(NCC(=O)N1CCC2(CCN(C(=O)C#Cc3ccccc3)C2)CC1)c1ccco1. The number of furan rings is 1. The minimum absolute atomic E-state index is 0.0494. The van der Waals surface area contributed by atoms with Gasteiger partial charge in [0.15, 0.2) is 5.76 Å². The van der Waals surface area contributed by atoms with E-state index in [1.807, 2.05) is 35.2 Å². The van der Waals surface area contributed by atoms with Gasteiger partial charge in [-0.1, -0.05) is 24.1 Å². The summed E-state index contributed by atoms with van der Waals surface area (Å²) in [5.74, 6) is 5.24. The van der Waals surface area contributed by atoms with Gasteiger partial charge in [0.2, 0.25) is 5.91 Å². The molecule has 4 rings (SSSR count). The lowest BCUT2D eigenvalue weighted by molar-refractivity contribution is -0.132. The predicted octanol–water partition coefficient (Wildman–Crippen LogP) is 1.90. The van der Waals surface area contributed by atoms with Crippen molar-refractivity contribution in [3.63, 3.8) is 0 Å². The van der Waals surface area contributed by atoms with Gasteiger partial charge in [-0.3, -0.25) is 14.4 Å². The van der Waals surface area contributed by atoms with Crippen LogP contribution in [0.2, 0.25) is 0 Å². The molecule has 3 amide bonds. The minimum Gasteiger partial charge on any atom is -0.459 e. The number of likely N-dealkylation sites (tertiary alicyclic amines) is 2. The topological polar surface area (TPSA) is 82.9 Å². The van der Waals surface area contributed by atoms with E-state index >= 15 is 0 Å². The van der Waals surface area contributed by atoms with Gasteiger partial charge in [0, 0.05) is 37.7 Å². The van der Waals surface area contributed by atoms with E-state index in [1.165, 1.54) is 6.26 Å². The molecular formula is C24H25N3O4. The summed E-state index contributed by atoms with van der Waals surface area (Å²) in [6, 6.07) is 12.7. The number of carbonyl (C=O) groups is 3. The van der Waals surface area contributed by atoms with Crippen LogP contribution in [-0.4, -0.2) is 60.2 Å². The zero-order chi connectivity index (χ0) is 21.7. The lowest BCUT2D eigenvalue weighted by Crippen LogP contribution is -2.47. The van der Waals surface area contributed by atoms with Gasteiger partial charge in [-0.25, -0.2) is 0 Å². The van der Waals surface area contributed by atoms with E-state index in [0.29, 0.717) is 26.2 Å². The first-order valence-electron chi connectivity index (χ1n) is 10.5. The summed E-state index contributed by atoms with van der Waals surface area (Å²) >= 11 is 0. The van der Waals surface area contributed by atoms with Crippen molar-refractivity contribution in [3.8, 4) is 11.8 Å². The van der Waals surface area contributed by atoms with Crippen molar-refractivity contribution >= 4 is 17.7 Å². The Balaban J connectivity index is 1.25. The van der Waals surface area contributed by atoms with Crippen LogP contribution >= 0.6 is 0 Å². The third-order valence-electron chi connectivity index (χ3n) is 6.14. The maximum Gasteiger partial charge on any atom is 0.298 e. The van der Waals surface area contributed by atoms with Crippen LogP contribution in [0.4, 0.5) is 0 Å². The summed E-state index contributed by atoms with van der Waals surface area (Å²) in [4.78, 5) is 40.5. The molecule has 7 nitrogen and oxygen atoms in total. The van der Waals surface area contributed by atoms with Crippen LogP contribution in [0.25, 0.3) is 0 Å². The van der Waals surface area contributed by atoms with Crippen LogP contribution in [0, 0.1) is 17.3 Å². The first kappa shape index (κ1) is 20.7.